The van der Waals surface area contributed by atoms with E-state index in [9.17, 15) is 17.6 Å². The summed E-state index contributed by atoms with van der Waals surface area (Å²) in [5, 5.41) is 2.80. The fraction of sp³-hybridized carbons (Fsp3) is 0.143. The predicted molar refractivity (Wildman–Crippen MR) is 71.3 cm³/mol. The average molecular weight is 348 g/mol. The lowest BCUT2D eigenvalue weighted by Crippen LogP contribution is -2.20. The third-order valence-corrected chi connectivity index (χ3v) is 3.55. The molecule has 0 aliphatic heterocycles. The lowest BCUT2D eigenvalue weighted by atomic mass is 9.98. The Hall–Kier alpha value is -1.40. The molecule has 1 N–H and O–H groups in total. The van der Waals surface area contributed by atoms with Crippen LogP contribution in [0.5, 0.6) is 0 Å². The highest BCUT2D eigenvalue weighted by Gasteiger charge is 2.21. The van der Waals surface area contributed by atoms with E-state index in [4.69, 9.17) is 0 Å². The van der Waals surface area contributed by atoms with Crippen LogP contribution < -0.4 is 5.32 Å². The highest BCUT2D eigenvalue weighted by molar-refractivity contribution is 9.10. The molecule has 0 radical (unpaired) electrons. The Kier molecular flexibility index (Phi) is 4.45. The lowest BCUT2D eigenvalue weighted by Gasteiger charge is -2.18. The quantitative estimate of drug-likeness (QED) is 0.644. The maximum atomic E-state index is 13.8. The highest BCUT2D eigenvalue weighted by Crippen LogP contribution is 2.29. The van der Waals surface area contributed by atoms with Gasteiger partial charge in [-0.25, -0.2) is 17.6 Å². The Bertz CT molecular complexity index is 645. The molecule has 2 aromatic carbocycles. The zero-order valence-electron chi connectivity index (χ0n) is 10.4. The molecule has 0 fully saturated rings. The molecule has 0 heterocycles. The first-order chi connectivity index (χ1) is 9.45. The Morgan fingerprint density at radius 3 is 2.20 bits per heavy atom. The van der Waals surface area contributed by atoms with Gasteiger partial charge in [0.2, 0.25) is 0 Å². The van der Waals surface area contributed by atoms with E-state index in [0.29, 0.717) is 5.56 Å². The summed E-state index contributed by atoms with van der Waals surface area (Å²) < 4.78 is 53.5. The molecular formula is C14H10BrF4N. The highest BCUT2D eigenvalue weighted by atomic mass is 79.9. The monoisotopic (exact) mass is 347 g/mol. The van der Waals surface area contributed by atoms with Crippen LogP contribution in [0.15, 0.2) is 34.8 Å². The maximum Gasteiger partial charge on any atom is 0.194 e. The Balaban J connectivity index is 2.52. The number of hydrogen-bond acceptors (Lipinski definition) is 1. The van der Waals surface area contributed by atoms with Crippen LogP contribution in [0.25, 0.3) is 0 Å². The summed E-state index contributed by atoms with van der Waals surface area (Å²) in [5.74, 6) is -4.50. The van der Waals surface area contributed by atoms with Gasteiger partial charge in [0.15, 0.2) is 17.5 Å². The van der Waals surface area contributed by atoms with Crippen LogP contribution in [-0.4, -0.2) is 7.05 Å². The molecule has 1 nitrogen and oxygen atoms in total. The fourth-order valence-electron chi connectivity index (χ4n) is 1.96. The summed E-state index contributed by atoms with van der Waals surface area (Å²) in [7, 11) is 1.54. The number of halogens is 5. The predicted octanol–water partition coefficient (Wildman–Crippen LogP) is 4.31. The van der Waals surface area contributed by atoms with Crippen LogP contribution in [0.4, 0.5) is 17.6 Å². The van der Waals surface area contributed by atoms with Crippen molar-refractivity contribution in [2.24, 2.45) is 0 Å². The first-order valence-electron chi connectivity index (χ1n) is 5.71. The molecule has 0 aliphatic rings. The van der Waals surface area contributed by atoms with Crippen molar-refractivity contribution in [3.63, 3.8) is 0 Å². The van der Waals surface area contributed by atoms with E-state index in [1.807, 2.05) is 0 Å². The van der Waals surface area contributed by atoms with E-state index in [2.05, 4.69) is 21.2 Å². The van der Waals surface area contributed by atoms with Gasteiger partial charge in [0, 0.05) is 5.56 Å². The largest absolute Gasteiger partial charge is 0.309 e. The van der Waals surface area contributed by atoms with Gasteiger partial charge in [-0.15, -0.1) is 0 Å². The van der Waals surface area contributed by atoms with Crippen molar-refractivity contribution in [1.82, 2.24) is 5.32 Å². The normalized spacial score (nSPS) is 12.5. The Labute approximate surface area is 121 Å². The minimum atomic E-state index is -1.52. The van der Waals surface area contributed by atoms with Crippen LogP contribution in [0, 0.1) is 23.3 Å². The standard InChI is InChI=1S/C14H10BrF4N/c1-20-14(7-2-4-10(16)9(15)6-7)8-3-5-11(17)13(19)12(8)18/h2-6,14,20H,1H3. The van der Waals surface area contributed by atoms with Crippen molar-refractivity contribution in [2.75, 3.05) is 7.05 Å². The van der Waals surface area contributed by atoms with Crippen molar-refractivity contribution in [2.45, 2.75) is 6.04 Å². The second-order valence-electron chi connectivity index (χ2n) is 4.16. The molecule has 6 heteroatoms. The molecule has 0 aliphatic carbocycles. The summed E-state index contributed by atoms with van der Waals surface area (Å²) >= 11 is 3.03. The second-order valence-corrected chi connectivity index (χ2v) is 5.01. The van der Waals surface area contributed by atoms with Crippen molar-refractivity contribution in [3.05, 3.63) is 69.2 Å². The first kappa shape index (κ1) is 15.0. The van der Waals surface area contributed by atoms with Crippen molar-refractivity contribution < 1.29 is 17.6 Å². The van der Waals surface area contributed by atoms with Crippen molar-refractivity contribution >= 4 is 15.9 Å². The van der Waals surface area contributed by atoms with Gasteiger partial charge in [-0.1, -0.05) is 12.1 Å². The van der Waals surface area contributed by atoms with Crippen LogP contribution >= 0.6 is 15.9 Å². The van der Waals surface area contributed by atoms with Gasteiger partial charge in [0.05, 0.1) is 10.5 Å². The first-order valence-corrected chi connectivity index (χ1v) is 6.50. The van der Waals surface area contributed by atoms with E-state index in [1.54, 1.807) is 7.05 Å². The van der Waals surface area contributed by atoms with Gasteiger partial charge >= 0.3 is 0 Å². The zero-order valence-corrected chi connectivity index (χ0v) is 11.9. The topological polar surface area (TPSA) is 12.0 Å². The van der Waals surface area contributed by atoms with E-state index in [-0.39, 0.29) is 10.0 Å². The molecule has 20 heavy (non-hydrogen) atoms. The Morgan fingerprint density at radius 2 is 1.60 bits per heavy atom. The number of benzene rings is 2. The molecule has 0 aromatic heterocycles. The molecule has 106 valence electrons. The van der Waals surface area contributed by atoms with Gasteiger partial charge in [0.25, 0.3) is 0 Å². The summed E-state index contributed by atoms with van der Waals surface area (Å²) in [6.45, 7) is 0. The summed E-state index contributed by atoms with van der Waals surface area (Å²) in [6, 6.07) is 5.41. The van der Waals surface area contributed by atoms with Gasteiger partial charge in [0.1, 0.15) is 5.82 Å². The molecule has 1 unspecified atom stereocenters. The molecule has 1 atom stereocenters. The molecule has 0 bridgehead atoms. The SMILES string of the molecule is CNC(c1ccc(F)c(Br)c1)c1ccc(F)c(F)c1F. The van der Waals surface area contributed by atoms with Crippen LogP contribution in [0.3, 0.4) is 0 Å². The second kappa shape index (κ2) is 5.93. The van der Waals surface area contributed by atoms with Gasteiger partial charge in [-0.2, -0.15) is 0 Å². The molecule has 0 saturated heterocycles. The van der Waals surface area contributed by atoms with Crippen LogP contribution in [0.1, 0.15) is 17.2 Å². The number of nitrogens with one attached hydrogen (secondary N) is 1. The van der Waals surface area contributed by atoms with E-state index >= 15 is 0 Å². The van der Waals surface area contributed by atoms with E-state index in [0.717, 1.165) is 12.1 Å². The number of rotatable bonds is 3. The van der Waals surface area contributed by atoms with E-state index < -0.39 is 29.3 Å². The third kappa shape index (κ3) is 2.71. The van der Waals surface area contributed by atoms with Crippen LogP contribution in [0.2, 0.25) is 0 Å². The minimum Gasteiger partial charge on any atom is -0.309 e. The van der Waals surface area contributed by atoms with Gasteiger partial charge in [-0.3, -0.25) is 0 Å². The smallest absolute Gasteiger partial charge is 0.194 e. The third-order valence-electron chi connectivity index (χ3n) is 2.94. The molecular weight excluding hydrogens is 338 g/mol. The molecule has 0 amide bonds. The van der Waals surface area contributed by atoms with Gasteiger partial charge in [-0.05, 0) is 46.7 Å². The van der Waals surface area contributed by atoms with Crippen molar-refractivity contribution in [3.8, 4) is 0 Å². The van der Waals surface area contributed by atoms with Crippen molar-refractivity contribution in [1.29, 1.82) is 0 Å². The Morgan fingerprint density at radius 1 is 0.950 bits per heavy atom. The van der Waals surface area contributed by atoms with Crippen LogP contribution in [-0.2, 0) is 0 Å². The summed E-state index contributed by atoms with van der Waals surface area (Å²) in [4.78, 5) is 0. The minimum absolute atomic E-state index is 0.0510. The summed E-state index contributed by atoms with van der Waals surface area (Å²) in [6.07, 6.45) is 0. The zero-order chi connectivity index (χ0) is 14.9. The average Bonchev–Trinajstić information content (AvgIpc) is 2.43. The fourth-order valence-corrected chi connectivity index (χ4v) is 2.35. The van der Waals surface area contributed by atoms with Gasteiger partial charge < -0.3 is 5.32 Å². The molecule has 0 spiro atoms. The number of hydrogen-bond donors (Lipinski definition) is 1. The molecule has 2 aromatic rings. The lowest BCUT2D eigenvalue weighted by molar-refractivity contribution is 0.435. The van der Waals surface area contributed by atoms with E-state index in [1.165, 1.54) is 18.2 Å². The summed E-state index contributed by atoms with van der Waals surface area (Å²) in [5.41, 5.74) is 0.468. The molecule has 2 rings (SSSR count). The molecule has 0 saturated carbocycles. The maximum absolute atomic E-state index is 13.8.